The van der Waals surface area contributed by atoms with Crippen LogP contribution in [0.2, 0.25) is 0 Å². The molecule has 1 aliphatic rings. The molecular weight excluding hydrogens is 345 g/mol. The zero-order valence-electron chi connectivity index (χ0n) is 14.3. The molecule has 1 heterocycles. The predicted octanol–water partition coefficient (Wildman–Crippen LogP) is 5.21. The van der Waals surface area contributed by atoms with E-state index < -0.39 is 0 Å². The minimum Gasteiger partial charge on any atom is -0.344 e. The first kappa shape index (κ1) is 17.0. The van der Waals surface area contributed by atoms with Gasteiger partial charge in [-0.2, -0.15) is 0 Å². The summed E-state index contributed by atoms with van der Waals surface area (Å²) in [6, 6.07) is 18.3. The van der Waals surface area contributed by atoms with E-state index in [1.54, 1.807) is 23.5 Å². The van der Waals surface area contributed by atoms with E-state index in [0.717, 1.165) is 35.3 Å². The number of carbonyl (C=O) groups excluding carboxylic acids is 1. The van der Waals surface area contributed by atoms with Crippen molar-refractivity contribution in [1.82, 2.24) is 5.32 Å². The first-order valence-corrected chi connectivity index (χ1v) is 9.77. The third-order valence-electron chi connectivity index (χ3n) is 5.00. The fourth-order valence-electron chi connectivity index (χ4n) is 3.70. The average Bonchev–Trinajstić information content (AvgIpc) is 3.21. The first-order chi connectivity index (χ1) is 12.7. The van der Waals surface area contributed by atoms with Crippen LogP contribution in [0.15, 0.2) is 66.0 Å². The molecule has 0 fully saturated rings. The van der Waals surface area contributed by atoms with E-state index in [9.17, 15) is 9.18 Å². The largest absolute Gasteiger partial charge is 0.344 e. The molecule has 1 aliphatic carbocycles. The number of thiophene rings is 1. The number of hydrogen-bond donors (Lipinski definition) is 1. The van der Waals surface area contributed by atoms with Gasteiger partial charge in [-0.1, -0.05) is 42.5 Å². The van der Waals surface area contributed by atoms with Crippen molar-refractivity contribution in [1.29, 1.82) is 0 Å². The molecule has 26 heavy (non-hydrogen) atoms. The van der Waals surface area contributed by atoms with Gasteiger partial charge in [-0.05, 0) is 59.5 Å². The van der Waals surface area contributed by atoms with E-state index in [0.29, 0.717) is 0 Å². The quantitative estimate of drug-likeness (QED) is 0.675. The normalized spacial score (nSPS) is 17.3. The molecule has 0 saturated carbocycles. The summed E-state index contributed by atoms with van der Waals surface area (Å²) < 4.78 is 13.3. The molecule has 0 radical (unpaired) electrons. The topological polar surface area (TPSA) is 29.1 Å². The number of carbonyl (C=O) groups is 1. The smallest absolute Gasteiger partial charge is 0.228 e. The van der Waals surface area contributed by atoms with Crippen molar-refractivity contribution in [3.05, 3.63) is 93.4 Å². The third-order valence-corrected chi connectivity index (χ3v) is 5.94. The SMILES string of the molecule is O=C(N[C@@H](c1ccc(F)cc1)c1cccs1)[C@@H]1CCCc2ccccc21. The Bertz CT molecular complexity index is 889. The van der Waals surface area contributed by atoms with Crippen LogP contribution >= 0.6 is 11.3 Å². The van der Waals surface area contributed by atoms with Crippen LogP contribution in [0.5, 0.6) is 0 Å². The lowest BCUT2D eigenvalue weighted by molar-refractivity contribution is -0.123. The average molecular weight is 365 g/mol. The Morgan fingerprint density at radius 2 is 1.88 bits per heavy atom. The molecular formula is C22H20FNOS. The molecule has 1 amide bonds. The number of amides is 1. The van der Waals surface area contributed by atoms with Crippen LogP contribution in [0, 0.1) is 5.82 Å². The van der Waals surface area contributed by atoms with Crippen LogP contribution in [-0.2, 0) is 11.2 Å². The van der Waals surface area contributed by atoms with E-state index in [4.69, 9.17) is 0 Å². The van der Waals surface area contributed by atoms with Crippen molar-refractivity contribution < 1.29 is 9.18 Å². The first-order valence-electron chi connectivity index (χ1n) is 8.89. The highest BCUT2D eigenvalue weighted by Crippen LogP contribution is 2.33. The summed E-state index contributed by atoms with van der Waals surface area (Å²) in [6.07, 6.45) is 2.92. The fraction of sp³-hybridized carbons (Fsp3) is 0.227. The van der Waals surface area contributed by atoms with Crippen LogP contribution in [0.3, 0.4) is 0 Å². The van der Waals surface area contributed by atoms with Gasteiger partial charge in [0.05, 0.1) is 12.0 Å². The number of aryl methyl sites for hydroxylation is 1. The number of benzene rings is 2. The molecule has 2 nitrogen and oxygen atoms in total. The third kappa shape index (κ3) is 3.42. The zero-order chi connectivity index (χ0) is 17.9. The van der Waals surface area contributed by atoms with Gasteiger partial charge >= 0.3 is 0 Å². The van der Waals surface area contributed by atoms with Crippen LogP contribution in [0.1, 0.15) is 46.4 Å². The highest BCUT2D eigenvalue weighted by Gasteiger charge is 2.28. The summed E-state index contributed by atoms with van der Waals surface area (Å²) in [5, 5.41) is 5.21. The van der Waals surface area contributed by atoms with Gasteiger partial charge in [0.25, 0.3) is 0 Å². The number of fused-ring (bicyclic) bond motifs is 1. The number of nitrogens with one attached hydrogen (secondary N) is 1. The number of halogens is 1. The van der Waals surface area contributed by atoms with Gasteiger partial charge < -0.3 is 5.32 Å². The Balaban J connectivity index is 1.62. The standard InChI is InChI=1S/C22H20FNOS/c23-17-12-10-16(11-13-17)21(20-9-4-14-26-20)24-22(25)19-8-3-6-15-5-1-2-7-18(15)19/h1-2,4-5,7,9-14,19,21H,3,6,8H2,(H,24,25)/t19-,21+/m1/s1. The zero-order valence-corrected chi connectivity index (χ0v) is 15.1. The molecule has 4 heteroatoms. The Hall–Kier alpha value is -2.46. The summed E-state index contributed by atoms with van der Waals surface area (Å²) >= 11 is 1.60. The maximum Gasteiger partial charge on any atom is 0.228 e. The molecule has 0 bridgehead atoms. The Morgan fingerprint density at radius 3 is 2.65 bits per heavy atom. The van der Waals surface area contributed by atoms with Crippen LogP contribution in [0.4, 0.5) is 4.39 Å². The van der Waals surface area contributed by atoms with Crippen LogP contribution < -0.4 is 5.32 Å². The summed E-state index contributed by atoms with van der Waals surface area (Å²) in [5.74, 6) is -0.353. The number of hydrogen-bond acceptors (Lipinski definition) is 2. The van der Waals surface area contributed by atoms with Crippen molar-refractivity contribution >= 4 is 17.2 Å². The molecule has 0 saturated heterocycles. The lowest BCUT2D eigenvalue weighted by atomic mass is 9.82. The Morgan fingerprint density at radius 1 is 1.08 bits per heavy atom. The summed E-state index contributed by atoms with van der Waals surface area (Å²) in [6.45, 7) is 0. The second-order valence-corrected chi connectivity index (χ2v) is 7.63. The second-order valence-electron chi connectivity index (χ2n) is 6.65. The van der Waals surface area contributed by atoms with Crippen LogP contribution in [-0.4, -0.2) is 5.91 Å². The molecule has 0 unspecified atom stereocenters. The molecule has 2 atom stereocenters. The highest BCUT2D eigenvalue weighted by atomic mass is 32.1. The summed E-state index contributed by atoms with van der Waals surface area (Å²) in [4.78, 5) is 14.2. The van der Waals surface area contributed by atoms with Gasteiger partial charge in [0, 0.05) is 4.88 Å². The number of rotatable bonds is 4. The highest BCUT2D eigenvalue weighted by molar-refractivity contribution is 7.10. The lowest BCUT2D eigenvalue weighted by Gasteiger charge is -2.27. The minimum absolute atomic E-state index is 0.0416. The van der Waals surface area contributed by atoms with Crippen LogP contribution in [0.25, 0.3) is 0 Å². The minimum atomic E-state index is -0.272. The predicted molar refractivity (Wildman–Crippen MR) is 103 cm³/mol. The van der Waals surface area contributed by atoms with E-state index in [-0.39, 0.29) is 23.7 Å². The Kier molecular flexibility index (Phi) is 4.85. The molecule has 0 spiro atoms. The van der Waals surface area contributed by atoms with Gasteiger partial charge in [0.2, 0.25) is 5.91 Å². The lowest BCUT2D eigenvalue weighted by Crippen LogP contribution is -2.34. The summed E-state index contributed by atoms with van der Waals surface area (Å²) in [7, 11) is 0. The van der Waals surface area contributed by atoms with Gasteiger partial charge in [-0.15, -0.1) is 11.3 Å². The summed E-state index contributed by atoms with van der Waals surface area (Å²) in [5.41, 5.74) is 3.31. The second kappa shape index (κ2) is 7.42. The van der Waals surface area contributed by atoms with Crippen molar-refractivity contribution in [3.63, 3.8) is 0 Å². The molecule has 0 aliphatic heterocycles. The van der Waals surface area contributed by atoms with E-state index >= 15 is 0 Å². The van der Waals surface area contributed by atoms with Crippen molar-refractivity contribution in [2.75, 3.05) is 0 Å². The molecule has 4 rings (SSSR count). The molecule has 1 aromatic heterocycles. The van der Waals surface area contributed by atoms with Gasteiger partial charge in [0.1, 0.15) is 5.82 Å². The van der Waals surface area contributed by atoms with Crippen molar-refractivity contribution in [3.8, 4) is 0 Å². The molecule has 2 aromatic carbocycles. The molecule has 1 N–H and O–H groups in total. The maximum atomic E-state index is 13.3. The maximum absolute atomic E-state index is 13.3. The van der Waals surface area contributed by atoms with E-state index in [1.165, 1.54) is 17.7 Å². The monoisotopic (exact) mass is 365 g/mol. The van der Waals surface area contributed by atoms with Gasteiger partial charge in [0.15, 0.2) is 0 Å². The molecule has 132 valence electrons. The van der Waals surface area contributed by atoms with Gasteiger partial charge in [-0.25, -0.2) is 4.39 Å². The van der Waals surface area contributed by atoms with Gasteiger partial charge in [-0.3, -0.25) is 4.79 Å². The van der Waals surface area contributed by atoms with E-state index in [2.05, 4.69) is 17.4 Å². The van der Waals surface area contributed by atoms with Crippen molar-refractivity contribution in [2.45, 2.75) is 31.2 Å². The molecule has 3 aromatic rings. The fourth-order valence-corrected chi connectivity index (χ4v) is 4.50. The van der Waals surface area contributed by atoms with Crippen molar-refractivity contribution in [2.24, 2.45) is 0 Å². The van der Waals surface area contributed by atoms with E-state index in [1.807, 2.05) is 29.6 Å². The Labute approximate surface area is 156 Å².